The van der Waals surface area contributed by atoms with Crippen LogP contribution in [-0.4, -0.2) is 34.9 Å². The van der Waals surface area contributed by atoms with Gasteiger partial charge >= 0.3 is 6.03 Å². The molecule has 1 saturated carbocycles. The lowest BCUT2D eigenvalue weighted by Gasteiger charge is -2.21. The fourth-order valence-electron chi connectivity index (χ4n) is 3.54. The third kappa shape index (κ3) is 5.35. The normalized spacial score (nSPS) is 13.3. The van der Waals surface area contributed by atoms with E-state index in [4.69, 9.17) is 0 Å². The molecule has 0 atom stereocenters. The topological polar surface area (TPSA) is 74.3 Å². The van der Waals surface area contributed by atoms with Gasteiger partial charge in [-0.2, -0.15) is 0 Å². The van der Waals surface area contributed by atoms with Crippen LogP contribution < -0.4 is 10.6 Å². The quantitative estimate of drug-likeness (QED) is 0.647. The average molecular weight is 415 g/mol. The number of rotatable bonds is 7. The summed E-state index contributed by atoms with van der Waals surface area (Å²) >= 11 is 1.22. The van der Waals surface area contributed by atoms with Gasteiger partial charge in [0.2, 0.25) is 0 Å². The van der Waals surface area contributed by atoms with Crippen LogP contribution in [0.1, 0.15) is 58.2 Å². The molecule has 2 aromatic rings. The molecule has 1 aromatic carbocycles. The van der Waals surface area contributed by atoms with Gasteiger partial charge in [0, 0.05) is 18.8 Å². The summed E-state index contributed by atoms with van der Waals surface area (Å²) in [5, 5.41) is 6.36. The Kier molecular flexibility index (Phi) is 6.57. The van der Waals surface area contributed by atoms with E-state index in [0.29, 0.717) is 21.6 Å². The van der Waals surface area contributed by atoms with E-state index >= 15 is 0 Å². The van der Waals surface area contributed by atoms with E-state index in [2.05, 4.69) is 34.7 Å². The summed E-state index contributed by atoms with van der Waals surface area (Å²) < 4.78 is 0. The van der Waals surface area contributed by atoms with E-state index in [1.165, 1.54) is 29.7 Å². The Labute approximate surface area is 176 Å². The molecule has 0 radical (unpaired) electrons. The van der Waals surface area contributed by atoms with Crippen molar-refractivity contribution >= 4 is 34.1 Å². The Bertz CT molecular complexity index is 895. The van der Waals surface area contributed by atoms with Crippen LogP contribution >= 0.6 is 11.3 Å². The van der Waals surface area contributed by atoms with Crippen LogP contribution in [0.4, 0.5) is 15.6 Å². The largest absolute Gasteiger partial charge is 0.324 e. The van der Waals surface area contributed by atoms with Crippen molar-refractivity contribution in [3.8, 4) is 0 Å². The van der Waals surface area contributed by atoms with Gasteiger partial charge in [-0.1, -0.05) is 36.0 Å². The highest BCUT2D eigenvalue weighted by molar-refractivity contribution is 7.17. The van der Waals surface area contributed by atoms with Crippen LogP contribution in [0.3, 0.4) is 0 Å². The summed E-state index contributed by atoms with van der Waals surface area (Å²) in [5.41, 5.74) is 4.68. The number of nitrogens with one attached hydrogen (secondary N) is 2. The predicted octanol–water partition coefficient (Wildman–Crippen LogP) is 5.28. The predicted molar refractivity (Wildman–Crippen MR) is 119 cm³/mol. The number of carbonyl (C=O) groups is 2. The first kappa shape index (κ1) is 21.3. The Hall–Kier alpha value is -2.41. The number of aryl methyl sites for hydroxylation is 4. The van der Waals surface area contributed by atoms with Gasteiger partial charge in [0.05, 0.1) is 5.69 Å². The van der Waals surface area contributed by atoms with Crippen LogP contribution in [0.2, 0.25) is 0 Å². The highest BCUT2D eigenvalue weighted by Gasteiger charge is 2.27. The minimum Gasteiger partial charge on any atom is -0.324 e. The number of hydrogen-bond donors (Lipinski definition) is 2. The van der Waals surface area contributed by atoms with Crippen LogP contribution in [0, 0.1) is 33.6 Å². The molecular weight excluding hydrogens is 384 g/mol. The maximum atomic E-state index is 12.8. The molecule has 6 nitrogen and oxygen atoms in total. The maximum absolute atomic E-state index is 12.8. The van der Waals surface area contributed by atoms with Crippen molar-refractivity contribution in [1.82, 2.24) is 9.88 Å². The van der Waals surface area contributed by atoms with Crippen LogP contribution in [0.25, 0.3) is 0 Å². The first-order chi connectivity index (χ1) is 13.8. The number of urea groups is 1. The van der Waals surface area contributed by atoms with Gasteiger partial charge in [0.15, 0.2) is 5.13 Å². The molecule has 0 saturated heterocycles. The first-order valence-electron chi connectivity index (χ1n) is 10.2. The lowest BCUT2D eigenvalue weighted by molar-refractivity contribution is 0.102. The van der Waals surface area contributed by atoms with E-state index in [9.17, 15) is 9.59 Å². The second-order valence-electron chi connectivity index (χ2n) is 7.98. The molecule has 3 amide bonds. The molecule has 156 valence electrons. The number of aromatic nitrogens is 1. The Morgan fingerprint density at radius 1 is 1.14 bits per heavy atom. The summed E-state index contributed by atoms with van der Waals surface area (Å²) in [6, 6.07) is 3.97. The Morgan fingerprint density at radius 3 is 2.38 bits per heavy atom. The zero-order valence-electron chi connectivity index (χ0n) is 17.9. The van der Waals surface area contributed by atoms with Gasteiger partial charge in [-0.15, -0.1) is 0 Å². The maximum Gasteiger partial charge on any atom is 0.323 e. The molecule has 0 bridgehead atoms. The van der Waals surface area contributed by atoms with E-state index < -0.39 is 0 Å². The lowest BCUT2D eigenvalue weighted by atomic mass is 10.1. The van der Waals surface area contributed by atoms with Crippen LogP contribution in [0.15, 0.2) is 12.1 Å². The SMILES string of the molecule is CCCN(CC1CC1)C(=O)Nc1nc(C)c(C(=O)Nc2c(C)cc(C)cc2C)s1. The Morgan fingerprint density at radius 2 is 1.79 bits per heavy atom. The average Bonchev–Trinajstić information content (AvgIpc) is 3.38. The highest BCUT2D eigenvalue weighted by atomic mass is 32.1. The van der Waals surface area contributed by atoms with Crippen molar-refractivity contribution < 1.29 is 9.59 Å². The van der Waals surface area contributed by atoms with Crippen molar-refractivity contribution in [3.05, 3.63) is 39.4 Å². The summed E-state index contributed by atoms with van der Waals surface area (Å²) in [5.74, 6) is 0.437. The van der Waals surface area contributed by atoms with Crippen molar-refractivity contribution in [2.45, 2.75) is 53.9 Å². The summed E-state index contributed by atoms with van der Waals surface area (Å²) in [6.45, 7) is 11.4. The molecule has 7 heteroatoms. The minimum absolute atomic E-state index is 0.135. The molecule has 29 heavy (non-hydrogen) atoms. The smallest absolute Gasteiger partial charge is 0.323 e. The highest BCUT2D eigenvalue weighted by Crippen LogP contribution is 2.30. The molecule has 1 heterocycles. The molecule has 0 aliphatic heterocycles. The number of amides is 3. The molecule has 0 unspecified atom stereocenters. The number of nitrogens with zero attached hydrogens (tertiary/aromatic N) is 2. The third-order valence-electron chi connectivity index (χ3n) is 5.09. The molecule has 1 aliphatic carbocycles. The molecule has 0 spiro atoms. The molecular formula is C22H30N4O2S. The fraction of sp³-hybridized carbons (Fsp3) is 0.500. The number of anilines is 2. The first-order valence-corrected chi connectivity index (χ1v) is 11.0. The Balaban J connectivity index is 1.70. The van der Waals surface area contributed by atoms with Crippen molar-refractivity contribution in [2.24, 2.45) is 5.92 Å². The lowest BCUT2D eigenvalue weighted by Crippen LogP contribution is -2.37. The number of carbonyl (C=O) groups excluding carboxylic acids is 2. The fourth-order valence-corrected chi connectivity index (χ4v) is 4.39. The zero-order chi connectivity index (χ0) is 21.1. The second kappa shape index (κ2) is 8.95. The minimum atomic E-state index is -0.195. The van der Waals surface area contributed by atoms with Gasteiger partial charge < -0.3 is 10.2 Å². The number of thiazole rings is 1. The zero-order valence-corrected chi connectivity index (χ0v) is 18.7. The van der Waals surface area contributed by atoms with Crippen molar-refractivity contribution in [1.29, 1.82) is 0 Å². The van der Waals surface area contributed by atoms with Gasteiger partial charge in [-0.05, 0) is 64.0 Å². The summed E-state index contributed by atoms with van der Waals surface area (Å²) in [7, 11) is 0. The summed E-state index contributed by atoms with van der Waals surface area (Å²) in [4.78, 5) is 32.3. The molecule has 1 fully saturated rings. The standard InChI is InChI=1S/C22H30N4O2S/c1-6-9-26(12-17-7-8-17)22(28)25-21-23-16(5)19(29-21)20(27)24-18-14(3)10-13(2)11-15(18)4/h10-11,17H,6-9,12H2,1-5H3,(H,24,27)(H,23,25,28). The van der Waals surface area contributed by atoms with E-state index in [0.717, 1.165) is 36.3 Å². The second-order valence-corrected chi connectivity index (χ2v) is 8.98. The monoisotopic (exact) mass is 414 g/mol. The van der Waals surface area contributed by atoms with E-state index in [1.54, 1.807) is 6.92 Å². The molecule has 2 N–H and O–H groups in total. The molecule has 1 aromatic heterocycles. The summed E-state index contributed by atoms with van der Waals surface area (Å²) in [6.07, 6.45) is 3.32. The van der Waals surface area contributed by atoms with Crippen molar-refractivity contribution in [3.63, 3.8) is 0 Å². The van der Waals surface area contributed by atoms with Gasteiger partial charge in [-0.3, -0.25) is 10.1 Å². The van der Waals surface area contributed by atoms with E-state index in [1.807, 2.05) is 25.7 Å². The molecule has 3 rings (SSSR count). The molecule has 1 aliphatic rings. The van der Waals surface area contributed by atoms with Gasteiger partial charge in [0.1, 0.15) is 4.88 Å². The van der Waals surface area contributed by atoms with E-state index in [-0.39, 0.29) is 11.9 Å². The van der Waals surface area contributed by atoms with Gasteiger partial charge in [0.25, 0.3) is 5.91 Å². The van der Waals surface area contributed by atoms with Crippen LogP contribution in [0.5, 0.6) is 0 Å². The van der Waals surface area contributed by atoms with Gasteiger partial charge in [-0.25, -0.2) is 9.78 Å². The van der Waals surface area contributed by atoms with Crippen LogP contribution in [-0.2, 0) is 0 Å². The number of hydrogen-bond acceptors (Lipinski definition) is 4. The third-order valence-corrected chi connectivity index (χ3v) is 6.16. The van der Waals surface area contributed by atoms with Crippen molar-refractivity contribution in [2.75, 3.05) is 23.7 Å². The number of benzene rings is 1.